The Bertz CT molecular complexity index is 6880. The van der Waals surface area contributed by atoms with Crippen molar-refractivity contribution in [1.29, 1.82) is 0 Å². The van der Waals surface area contributed by atoms with Gasteiger partial charge in [0.15, 0.2) is 51.3 Å². The number of aliphatic hydroxyl groups is 12. The van der Waals surface area contributed by atoms with E-state index in [0.29, 0.717) is 73.1 Å². The predicted octanol–water partition coefficient (Wildman–Crippen LogP) is 5.03. The SMILES string of the molecule is CC(=O)/C=C/c1ccc(O)c2c1C[C@H]1C[C@H]3[C@H](N(C)C)C(=O)C(C(N)=O)=C(O)[C@@]3(O)C(=O)C1=C2O.CC(C)c1ccc(O)c2c1C[C@H]1C[C@H]3[C@H](N(C)C)C(=O)C(C(N)=O)=C(O)[C@@]3(O)C(=O)C1=C2O.Cc1noc(C)c1-c1ccc(O)c2c1C[C@H]1C[C@H]3[C@H](N(C)C)C(=O)C(C(N)=O)=C(O)[C@@]3(O)C(=O)C1=C2O.NC(=O)C1=C(O)[C@@]2(O)C(=O)C3=C(O)c4c(O)ccc(-c5ccc(Cl)nc5)c4C[C@H]3C[C@H]2CC1=O. The molecule has 2 heterocycles. The van der Waals surface area contributed by atoms with Gasteiger partial charge < -0.3 is 109 Å². The number of carbonyl (C=O) groups is 13. The fourth-order valence-electron chi connectivity index (χ4n) is 23.2. The van der Waals surface area contributed by atoms with Crippen molar-refractivity contribution in [2.45, 2.75) is 139 Å². The number of hydrogen-bond acceptors (Lipinski definition) is 35. The number of likely N-dealkylation sites (N-methyl/N-ethyl adjacent to an activating group) is 3. The average Bonchev–Trinajstić information content (AvgIpc) is 0.895. The van der Waals surface area contributed by atoms with Crippen molar-refractivity contribution in [2.24, 2.45) is 70.3 Å². The van der Waals surface area contributed by atoms with Gasteiger partial charge in [0.05, 0.1) is 46.1 Å². The molecule has 4 aromatic carbocycles. The van der Waals surface area contributed by atoms with Gasteiger partial charge in [-0.25, -0.2) is 4.98 Å². The summed E-state index contributed by atoms with van der Waals surface area (Å²) in [4.78, 5) is 174. The number of fused-ring (bicyclic) bond motifs is 12. The van der Waals surface area contributed by atoms with Gasteiger partial charge in [-0.15, -0.1) is 0 Å². The maximum atomic E-state index is 13.9. The number of aromatic hydroxyl groups is 4. The highest BCUT2D eigenvalue weighted by Gasteiger charge is 2.69. The first-order chi connectivity index (χ1) is 65.0. The minimum atomic E-state index is -2.67. The Morgan fingerprint density at radius 2 is 0.784 bits per heavy atom. The molecular weight excluding hydrogens is 1830 g/mol. The van der Waals surface area contributed by atoms with Crippen molar-refractivity contribution >= 4 is 116 Å². The van der Waals surface area contributed by atoms with E-state index < -0.39 is 226 Å². The van der Waals surface area contributed by atoms with Crippen LogP contribution in [0.1, 0.15) is 126 Å². The first kappa shape index (κ1) is 98.9. The molecule has 4 saturated carbocycles. The van der Waals surface area contributed by atoms with E-state index in [4.69, 9.17) is 39.1 Å². The van der Waals surface area contributed by atoms with E-state index in [-0.39, 0.29) is 131 Å². The third-order valence-corrected chi connectivity index (χ3v) is 29.5. The molecule has 6 aromatic rings. The normalized spacial score (nSPS) is 27.8. The topological polar surface area (TPSA) is 698 Å². The molecule has 0 aliphatic heterocycles. The number of halogens is 1. The van der Waals surface area contributed by atoms with Gasteiger partial charge in [0.1, 0.15) is 102 Å². The van der Waals surface area contributed by atoms with E-state index in [1.165, 1.54) is 66.1 Å². The standard InChI is InChI=1S/C26H27N3O8.C25H26N2O8.C24H19ClN2O7.C24H28N2O7/c1-9-16(10(2)37-28-9)12-5-6-15(30)18-13(12)7-11-8-14-20(29(3)4)22(32)19(25(27)35)24(34)26(14,36)23(33)17(11)21(18)31;1-10(28)4-5-11-6-7-15(29)17-13(11)8-12-9-14-19(27(2)3)21(31)18(24(26)34)23(33)25(14,35)22(32)16(12)20(17)30;25-16-4-1-9(8-27-16)12-2-3-14(28)18-13(12)6-10-5-11-7-15(29)19(23(26)33)22(32)24(11,34)21(31)17(10)20(18)30;1-9(2)11-5-6-14(27)16-12(11)7-10-8-13-18(26(3)4)20(29)17(23(25)32)22(31)24(13,33)21(30)15(10)19(16)28/h5-6,11,14,20,30-31,34,36H,7-8H2,1-4H3,(H2,27,35);4-7,12,14,19,29-30,33,35H,8-9H2,1-3H3,(H2,26,34);1-4,8,10-11,28,30,32,34H,5-7H2,(H2,26,33);5-6,9-10,13,18,27-28,31,33H,7-8H2,1-4H3,(H2,25,32)/b;5-4+;;/t11-,14-,20-,26-;12-,14-,19-,25-;10-,11+,24+;10-,13-,18-,24-/m0010/s1. The zero-order valence-electron chi connectivity index (χ0n) is 76.6. The number of ketones is 9. The number of phenols is 4. The van der Waals surface area contributed by atoms with E-state index in [9.17, 15) is 144 Å². The number of phenolic OH excluding ortho intramolecular Hbond substituents is 4. The maximum absolute atomic E-state index is 13.9. The van der Waals surface area contributed by atoms with E-state index in [2.05, 4.69) is 10.1 Å². The summed E-state index contributed by atoms with van der Waals surface area (Å²) >= 11 is 5.89. The van der Waals surface area contributed by atoms with Crippen LogP contribution in [0.2, 0.25) is 5.15 Å². The highest BCUT2D eigenvalue weighted by atomic mass is 35.5. The number of nitrogens with two attached hydrogens (primary N) is 4. The number of benzene rings is 4. The van der Waals surface area contributed by atoms with Crippen LogP contribution in [-0.4, -0.2) is 265 Å². The van der Waals surface area contributed by atoms with Crippen molar-refractivity contribution in [1.82, 2.24) is 24.8 Å². The highest BCUT2D eigenvalue weighted by Crippen LogP contribution is 2.60. The number of allylic oxidation sites excluding steroid dienone is 1. The number of rotatable bonds is 12. The molecule has 0 radical (unpaired) electrons. The molecule has 0 bridgehead atoms. The lowest BCUT2D eigenvalue weighted by Gasteiger charge is -2.50. The van der Waals surface area contributed by atoms with E-state index in [1.807, 2.05) is 13.8 Å². The largest absolute Gasteiger partial charge is 0.508 e. The molecule has 18 rings (SSSR count). The van der Waals surface area contributed by atoms with Crippen LogP contribution < -0.4 is 22.9 Å². The second kappa shape index (κ2) is 35.1. The lowest BCUT2D eigenvalue weighted by Crippen LogP contribution is -2.65. The minimum absolute atomic E-state index is 0.00270. The number of aryl methyl sites for hydroxylation is 2. The summed E-state index contributed by atoms with van der Waals surface area (Å²) in [6, 6.07) is 12.2. The number of primary amides is 4. The first-order valence-corrected chi connectivity index (χ1v) is 44.4. The quantitative estimate of drug-likeness (QED) is 0.0434. The Hall–Kier alpha value is -14.6. The molecule has 0 saturated heterocycles. The molecule has 728 valence electrons. The summed E-state index contributed by atoms with van der Waals surface area (Å²) in [6.07, 6.45) is 5.07. The number of hydrogen-bond donors (Lipinski definition) is 20. The van der Waals surface area contributed by atoms with Gasteiger partial charge in [-0.2, -0.15) is 0 Å². The molecule has 24 N–H and O–H groups in total. The third kappa shape index (κ3) is 14.9. The highest BCUT2D eigenvalue weighted by molar-refractivity contribution is 6.30. The molecular formula is C99H100ClN9O30. The van der Waals surface area contributed by atoms with Gasteiger partial charge >= 0.3 is 0 Å². The fourth-order valence-corrected chi connectivity index (χ4v) is 23.3. The zero-order chi connectivity index (χ0) is 102. The fraction of sp³-hybridized carbons (Fsp3) is 0.364. The second-order valence-corrected chi connectivity index (χ2v) is 38.4. The number of carbonyl (C=O) groups excluding carboxylic acids is 13. The van der Waals surface area contributed by atoms with E-state index in [1.54, 1.807) is 90.7 Å². The Kier molecular flexibility index (Phi) is 25.0. The van der Waals surface area contributed by atoms with E-state index in [0.717, 1.165) is 5.56 Å². The third-order valence-electron chi connectivity index (χ3n) is 29.3. The van der Waals surface area contributed by atoms with Crippen molar-refractivity contribution < 1.29 is 149 Å². The van der Waals surface area contributed by atoms with Crippen LogP contribution in [0.3, 0.4) is 0 Å². The number of Topliss-reactive ketones (excluding diaryl/α,β-unsaturated/α-hetero) is 8. The monoisotopic (exact) mass is 1930 g/mol. The summed E-state index contributed by atoms with van der Waals surface area (Å²) in [5.41, 5.74) is 13.7. The summed E-state index contributed by atoms with van der Waals surface area (Å²) in [6.45, 7) is 8.83. The number of aliphatic hydroxyl groups excluding tert-OH is 8. The van der Waals surface area contributed by atoms with Crippen LogP contribution in [0.15, 0.2) is 145 Å². The molecule has 4 amide bonds. The molecule has 39 nitrogen and oxygen atoms in total. The molecule has 12 aliphatic carbocycles. The van der Waals surface area contributed by atoms with Crippen LogP contribution in [-0.2, 0) is 88.0 Å². The lowest BCUT2D eigenvalue weighted by molar-refractivity contribution is -0.155. The molecule has 0 unspecified atom stereocenters. The average molecular weight is 1930 g/mol. The van der Waals surface area contributed by atoms with Gasteiger partial charge in [0, 0.05) is 69.7 Å². The van der Waals surface area contributed by atoms with Gasteiger partial charge in [-0.1, -0.05) is 60.9 Å². The lowest BCUT2D eigenvalue weighted by atomic mass is 9.57. The summed E-state index contributed by atoms with van der Waals surface area (Å²) in [5, 5.41) is 180. The number of amides is 4. The second-order valence-electron chi connectivity index (χ2n) is 38.0. The van der Waals surface area contributed by atoms with Gasteiger partial charge in [0.2, 0.25) is 23.1 Å². The van der Waals surface area contributed by atoms with Gasteiger partial charge in [0.25, 0.3) is 23.6 Å². The summed E-state index contributed by atoms with van der Waals surface area (Å²) in [5.74, 6) is -26.4. The molecule has 15 atom stereocenters. The predicted molar refractivity (Wildman–Crippen MR) is 491 cm³/mol. The minimum Gasteiger partial charge on any atom is -0.508 e. The Labute approximate surface area is 795 Å². The van der Waals surface area contributed by atoms with Crippen LogP contribution in [0.4, 0.5) is 0 Å². The number of nitrogens with zero attached hydrogens (tertiary/aromatic N) is 5. The van der Waals surface area contributed by atoms with Crippen LogP contribution in [0.5, 0.6) is 23.0 Å². The Balaban J connectivity index is 0.000000140. The van der Waals surface area contributed by atoms with Crippen molar-refractivity contribution in [2.75, 3.05) is 42.3 Å². The molecule has 4 fully saturated rings. The van der Waals surface area contributed by atoms with Crippen LogP contribution in [0, 0.1) is 61.2 Å². The van der Waals surface area contributed by atoms with Crippen LogP contribution in [0.25, 0.3) is 51.4 Å². The van der Waals surface area contributed by atoms with Crippen molar-refractivity contribution in [3.8, 4) is 45.3 Å². The van der Waals surface area contributed by atoms with Crippen LogP contribution >= 0.6 is 11.6 Å². The molecule has 2 aromatic heterocycles. The van der Waals surface area contributed by atoms with Crippen molar-refractivity contribution in [3.05, 3.63) is 213 Å². The Morgan fingerprint density at radius 1 is 0.439 bits per heavy atom. The van der Waals surface area contributed by atoms with Crippen molar-refractivity contribution in [3.63, 3.8) is 0 Å². The summed E-state index contributed by atoms with van der Waals surface area (Å²) in [7, 11) is 9.33. The molecule has 12 aliphatic rings. The molecule has 0 spiro atoms. The smallest absolute Gasteiger partial charge is 0.255 e. The van der Waals surface area contributed by atoms with E-state index >= 15 is 0 Å². The Morgan fingerprint density at radius 3 is 1.15 bits per heavy atom. The zero-order valence-corrected chi connectivity index (χ0v) is 77.3. The van der Waals surface area contributed by atoms with Gasteiger partial charge in [-0.3, -0.25) is 77.0 Å². The summed E-state index contributed by atoms with van der Waals surface area (Å²) < 4.78 is 5.31. The number of aromatic nitrogens is 2. The molecule has 139 heavy (non-hydrogen) atoms. The first-order valence-electron chi connectivity index (χ1n) is 44.1. The molecule has 40 heteroatoms. The maximum Gasteiger partial charge on any atom is 0.255 e. The number of pyridine rings is 1. The van der Waals surface area contributed by atoms with Gasteiger partial charge in [-0.05, 0) is 231 Å².